The summed E-state index contributed by atoms with van der Waals surface area (Å²) in [4.78, 5) is 27.5. The number of methoxy groups -OCH3 is 1. The first-order valence-corrected chi connectivity index (χ1v) is 16.2. The molecule has 3 aromatic rings. The summed E-state index contributed by atoms with van der Waals surface area (Å²) in [7, 11) is 1.48. The van der Waals surface area contributed by atoms with Crippen LogP contribution in [0.3, 0.4) is 0 Å². The van der Waals surface area contributed by atoms with E-state index in [1.165, 1.54) is 32.2 Å². The van der Waals surface area contributed by atoms with Gasteiger partial charge in [0, 0.05) is 47.8 Å². The Morgan fingerprint density at radius 3 is 2.60 bits per heavy atom. The molecule has 14 heteroatoms. The lowest BCUT2D eigenvalue weighted by Gasteiger charge is -2.56. The smallest absolute Gasteiger partial charge is 0.416 e. The molecule has 4 heterocycles. The molecule has 0 spiro atoms. The molecule has 4 N–H and O–H groups in total. The zero-order valence-corrected chi connectivity index (χ0v) is 27.7. The highest BCUT2D eigenvalue weighted by Gasteiger charge is 2.54. The number of aromatic hydroxyl groups is 1. The van der Waals surface area contributed by atoms with Crippen molar-refractivity contribution in [2.24, 2.45) is 0 Å². The number of nitrogens with zero attached hydrogens (tertiary/aromatic N) is 1. The van der Waals surface area contributed by atoms with E-state index < -0.39 is 54.0 Å². The zero-order valence-electron chi connectivity index (χ0n) is 27.7. The molecule has 0 aliphatic carbocycles. The highest BCUT2D eigenvalue weighted by molar-refractivity contribution is 5.91. The van der Waals surface area contributed by atoms with E-state index in [1.54, 1.807) is 6.92 Å². The number of hydrogen-bond donors (Lipinski definition) is 4. The summed E-state index contributed by atoms with van der Waals surface area (Å²) in [6.07, 6.45) is -2.52. The van der Waals surface area contributed by atoms with Crippen molar-refractivity contribution in [1.29, 1.82) is 0 Å². The first-order valence-electron chi connectivity index (χ1n) is 16.2. The second-order valence-electron chi connectivity index (χ2n) is 13.0. The number of aliphatic hydroxyl groups is 1. The molecule has 1 saturated heterocycles. The van der Waals surface area contributed by atoms with Crippen molar-refractivity contribution in [3.8, 4) is 28.7 Å². The van der Waals surface area contributed by atoms with Crippen LogP contribution in [0.5, 0.6) is 28.7 Å². The van der Waals surface area contributed by atoms with Gasteiger partial charge >= 0.3 is 12.1 Å². The van der Waals surface area contributed by atoms with Gasteiger partial charge in [0.2, 0.25) is 12.7 Å². The summed E-state index contributed by atoms with van der Waals surface area (Å²) < 4.78 is 62.9. The molecule has 4 aliphatic rings. The van der Waals surface area contributed by atoms with Gasteiger partial charge in [-0.1, -0.05) is 18.2 Å². The van der Waals surface area contributed by atoms with Crippen molar-refractivity contribution >= 4 is 18.0 Å². The summed E-state index contributed by atoms with van der Waals surface area (Å²) in [5.41, 5.74) is 3.36. The molecule has 2 unspecified atom stereocenters. The maximum absolute atomic E-state index is 13.2. The fraction of sp³-hybridized carbons (Fsp3) is 0.389. The SMILES string of the molecule is COc1c(C)cc2c(c1O)[C@H]1NC(C2)[C@H](O)N2C1Cc1c(OC(C)=O)c(C)c3c(c1[C@@H]2CNC(=O)/C=C/c1cccc(C(F)(F)F)c1)OCO3. The maximum atomic E-state index is 13.2. The molecule has 5 atom stereocenters. The predicted octanol–water partition coefficient (Wildman–Crippen LogP) is 4.38. The van der Waals surface area contributed by atoms with Gasteiger partial charge in [0.25, 0.3) is 0 Å². The summed E-state index contributed by atoms with van der Waals surface area (Å²) in [5.74, 6) is 0.273. The number of rotatable bonds is 6. The van der Waals surface area contributed by atoms with Gasteiger partial charge < -0.3 is 39.8 Å². The highest BCUT2D eigenvalue weighted by atomic mass is 19.4. The monoisotopic (exact) mass is 695 g/mol. The number of ether oxygens (including phenoxy) is 4. The van der Waals surface area contributed by atoms with E-state index in [-0.39, 0.29) is 36.8 Å². The third-order valence-corrected chi connectivity index (χ3v) is 9.95. The van der Waals surface area contributed by atoms with Crippen molar-refractivity contribution in [3.63, 3.8) is 0 Å². The van der Waals surface area contributed by atoms with Gasteiger partial charge in [-0.3, -0.25) is 14.5 Å². The number of carbonyl (C=O) groups excluding carboxylic acids is 2. The van der Waals surface area contributed by atoms with Crippen LogP contribution in [0, 0.1) is 13.8 Å². The molecule has 7 rings (SSSR count). The topological polar surface area (TPSA) is 139 Å². The first kappa shape index (κ1) is 33.7. The molecular weight excluding hydrogens is 659 g/mol. The molecule has 11 nitrogen and oxygen atoms in total. The van der Waals surface area contributed by atoms with Crippen molar-refractivity contribution < 1.29 is 51.9 Å². The molecule has 1 fully saturated rings. The van der Waals surface area contributed by atoms with E-state index in [1.807, 2.05) is 17.9 Å². The van der Waals surface area contributed by atoms with Gasteiger partial charge in [-0.25, -0.2) is 0 Å². The van der Waals surface area contributed by atoms with Gasteiger partial charge in [0.1, 0.15) is 12.0 Å². The first-order chi connectivity index (χ1) is 23.8. The minimum Gasteiger partial charge on any atom is -0.504 e. The fourth-order valence-electron chi connectivity index (χ4n) is 7.95. The van der Waals surface area contributed by atoms with Gasteiger partial charge in [-0.15, -0.1) is 0 Å². The molecule has 1 amide bonds. The molecule has 2 bridgehead atoms. The number of esters is 1. The molecule has 4 aliphatic heterocycles. The quantitative estimate of drug-likeness (QED) is 0.167. The Morgan fingerprint density at radius 2 is 1.88 bits per heavy atom. The number of hydrogen-bond acceptors (Lipinski definition) is 10. The van der Waals surface area contributed by atoms with Crippen LogP contribution in [-0.2, 0) is 28.6 Å². The van der Waals surface area contributed by atoms with Crippen molar-refractivity contribution in [2.75, 3.05) is 20.4 Å². The Balaban J connectivity index is 1.31. The number of benzene rings is 3. The molecule has 264 valence electrons. The van der Waals surface area contributed by atoms with Crippen LogP contribution in [0.4, 0.5) is 13.2 Å². The van der Waals surface area contributed by atoms with Gasteiger partial charge in [-0.05, 0) is 61.6 Å². The molecule has 3 aromatic carbocycles. The number of fused-ring (bicyclic) bond motifs is 9. The average Bonchev–Trinajstić information content (AvgIpc) is 3.56. The number of aliphatic hydroxyl groups excluding tert-OH is 1. The van der Waals surface area contributed by atoms with E-state index in [0.717, 1.165) is 29.3 Å². The third-order valence-electron chi connectivity index (χ3n) is 9.95. The lowest BCUT2D eigenvalue weighted by Crippen LogP contribution is -2.69. The Labute approximate surface area is 285 Å². The molecular formula is C36H36F3N3O8. The van der Waals surface area contributed by atoms with Gasteiger partial charge in [0.15, 0.2) is 23.0 Å². The van der Waals surface area contributed by atoms with E-state index in [2.05, 4.69) is 10.6 Å². The van der Waals surface area contributed by atoms with Crippen LogP contribution in [0.15, 0.2) is 36.4 Å². The number of phenols is 1. The maximum Gasteiger partial charge on any atom is 0.416 e. The number of alkyl halides is 3. The number of phenolic OH excluding ortho intramolecular Hbond substituents is 1. The second kappa shape index (κ2) is 12.5. The summed E-state index contributed by atoms with van der Waals surface area (Å²) in [6, 6.07) is 4.33. The Bertz CT molecular complexity index is 1930. The normalized spacial score (nSPS) is 23.6. The van der Waals surface area contributed by atoms with Crippen molar-refractivity contribution in [3.05, 3.63) is 80.9 Å². The standard InChI is InChI=1S/C36H36F3N3O8/c1-16-10-20-12-23-35(46)42-24(29(41-23)27(20)30(45)31(16)47-4)13-22-28(34-33(48-15-49-34)17(2)32(22)50-18(3)43)25(42)14-40-26(44)9-8-19-6-5-7-21(11-19)36(37,38)39/h5-11,23-25,29,35,41,45-46H,12-15H2,1-4H3,(H,40,44)/b9-8+/t23?,24?,25-,29-,35-/m0/s1. The van der Waals surface area contributed by atoms with E-state index in [9.17, 15) is 33.0 Å². The summed E-state index contributed by atoms with van der Waals surface area (Å²) in [6.45, 7) is 4.73. The number of carbonyl (C=O) groups is 2. The summed E-state index contributed by atoms with van der Waals surface area (Å²) in [5, 5.41) is 29.9. The molecule has 50 heavy (non-hydrogen) atoms. The van der Waals surface area contributed by atoms with Gasteiger partial charge in [0.05, 0.1) is 30.8 Å². The Hall–Kier alpha value is -4.79. The van der Waals surface area contributed by atoms with Crippen LogP contribution in [0.1, 0.15) is 63.5 Å². The minimum absolute atomic E-state index is 0.00718. The lowest BCUT2D eigenvalue weighted by atomic mass is 9.74. The van der Waals surface area contributed by atoms with Crippen LogP contribution < -0.4 is 29.6 Å². The van der Waals surface area contributed by atoms with Crippen LogP contribution in [0.2, 0.25) is 0 Å². The molecule has 0 radical (unpaired) electrons. The van der Waals surface area contributed by atoms with E-state index in [4.69, 9.17) is 18.9 Å². The highest BCUT2D eigenvalue weighted by Crippen LogP contribution is 2.56. The van der Waals surface area contributed by atoms with Crippen LogP contribution >= 0.6 is 0 Å². The lowest BCUT2D eigenvalue weighted by molar-refractivity contribution is -0.137. The molecule has 0 saturated carbocycles. The van der Waals surface area contributed by atoms with Crippen molar-refractivity contribution in [2.45, 2.75) is 70.2 Å². The average molecular weight is 696 g/mol. The fourth-order valence-corrected chi connectivity index (χ4v) is 7.95. The largest absolute Gasteiger partial charge is 0.504 e. The van der Waals surface area contributed by atoms with E-state index >= 15 is 0 Å². The van der Waals surface area contributed by atoms with E-state index in [0.29, 0.717) is 45.9 Å². The zero-order chi connectivity index (χ0) is 35.6. The third kappa shape index (κ3) is 5.60. The minimum atomic E-state index is -4.53. The molecule has 0 aromatic heterocycles. The number of amides is 1. The Kier molecular flexibility index (Phi) is 8.43. The van der Waals surface area contributed by atoms with Crippen LogP contribution in [0.25, 0.3) is 6.08 Å². The Morgan fingerprint density at radius 1 is 1.12 bits per heavy atom. The number of piperazine rings is 1. The number of halogens is 3. The van der Waals surface area contributed by atoms with Gasteiger partial charge in [-0.2, -0.15) is 13.2 Å². The second-order valence-corrected chi connectivity index (χ2v) is 13.0. The predicted molar refractivity (Wildman–Crippen MR) is 173 cm³/mol. The van der Waals surface area contributed by atoms with Crippen molar-refractivity contribution in [1.82, 2.24) is 15.5 Å². The summed E-state index contributed by atoms with van der Waals surface area (Å²) >= 11 is 0. The number of nitrogens with one attached hydrogen (secondary N) is 2. The number of aryl methyl sites for hydroxylation is 1. The van der Waals surface area contributed by atoms with Crippen LogP contribution in [-0.4, -0.2) is 65.7 Å².